The van der Waals surface area contributed by atoms with Crippen molar-refractivity contribution in [3.05, 3.63) is 36.0 Å². The highest BCUT2D eigenvalue weighted by molar-refractivity contribution is 5.97. The first kappa shape index (κ1) is 17.0. The van der Waals surface area contributed by atoms with E-state index in [4.69, 9.17) is 0 Å². The first-order valence-electron chi connectivity index (χ1n) is 8.39. The van der Waals surface area contributed by atoms with Gasteiger partial charge in [-0.05, 0) is 44.3 Å². The molecule has 25 heavy (non-hydrogen) atoms. The molecule has 4 N–H and O–H groups in total. The molecule has 0 atom stereocenters. The summed E-state index contributed by atoms with van der Waals surface area (Å²) >= 11 is 0. The number of carbonyl (C=O) groups is 1. The smallest absolute Gasteiger partial charge is 0.251 e. The van der Waals surface area contributed by atoms with Crippen molar-refractivity contribution in [1.29, 1.82) is 0 Å². The molecule has 1 amide bonds. The number of carbonyl (C=O) groups excluding carboxylic acids is 1. The molecule has 0 radical (unpaired) electrons. The van der Waals surface area contributed by atoms with E-state index in [1.807, 2.05) is 56.2 Å². The molecule has 0 fully saturated rings. The number of fused-ring (bicyclic) bond motifs is 1. The second kappa shape index (κ2) is 7.40. The van der Waals surface area contributed by atoms with Crippen LogP contribution in [0.5, 0.6) is 0 Å². The lowest BCUT2D eigenvalue weighted by Crippen LogP contribution is -2.26. The first-order valence-corrected chi connectivity index (χ1v) is 8.39. The van der Waals surface area contributed by atoms with E-state index in [-0.39, 0.29) is 5.91 Å². The summed E-state index contributed by atoms with van der Waals surface area (Å²) in [5.41, 5.74) is 4.34. The van der Waals surface area contributed by atoms with Gasteiger partial charge >= 0.3 is 0 Å². The highest BCUT2D eigenvalue weighted by atomic mass is 16.1. The van der Waals surface area contributed by atoms with Crippen LogP contribution in [0.4, 0.5) is 5.69 Å². The fourth-order valence-corrected chi connectivity index (χ4v) is 2.78. The van der Waals surface area contributed by atoms with Crippen molar-refractivity contribution in [2.24, 2.45) is 7.05 Å². The Morgan fingerprint density at radius 1 is 1.24 bits per heavy atom. The number of imidazole rings is 1. The van der Waals surface area contributed by atoms with Crippen LogP contribution in [0.15, 0.2) is 30.5 Å². The molecule has 0 aliphatic carbocycles. The minimum atomic E-state index is -0.0644. The molecule has 0 saturated carbocycles. The maximum atomic E-state index is 12.2. The van der Waals surface area contributed by atoms with Crippen molar-refractivity contribution in [1.82, 2.24) is 25.2 Å². The number of nitrogens with zero attached hydrogens (tertiary/aromatic N) is 2. The van der Waals surface area contributed by atoms with Gasteiger partial charge in [0.2, 0.25) is 0 Å². The van der Waals surface area contributed by atoms with E-state index in [1.165, 1.54) is 0 Å². The molecule has 3 aromatic rings. The normalized spacial score (nSPS) is 11.0. The maximum absolute atomic E-state index is 12.2. The van der Waals surface area contributed by atoms with E-state index >= 15 is 0 Å². The number of nitrogens with one attached hydrogen (secondary N) is 4. The second-order valence-electron chi connectivity index (χ2n) is 6.01. The number of anilines is 1. The van der Waals surface area contributed by atoms with E-state index in [0.717, 1.165) is 41.2 Å². The Labute approximate surface area is 146 Å². The Hall–Kier alpha value is -2.80. The van der Waals surface area contributed by atoms with E-state index in [1.54, 1.807) is 0 Å². The number of aryl methyl sites for hydroxylation is 1. The van der Waals surface area contributed by atoms with Crippen LogP contribution in [-0.4, -0.2) is 47.6 Å². The van der Waals surface area contributed by atoms with Gasteiger partial charge in [-0.2, -0.15) is 0 Å². The van der Waals surface area contributed by atoms with Crippen LogP contribution in [0, 0.1) is 0 Å². The molecule has 2 aromatic heterocycles. The van der Waals surface area contributed by atoms with Gasteiger partial charge in [0.25, 0.3) is 5.91 Å². The molecule has 0 saturated heterocycles. The van der Waals surface area contributed by atoms with Crippen LogP contribution in [0.2, 0.25) is 0 Å². The number of amides is 1. The van der Waals surface area contributed by atoms with Gasteiger partial charge in [0.15, 0.2) is 5.82 Å². The molecular weight excluding hydrogens is 316 g/mol. The standard InChI is InChI=1S/C18H24N6O/c1-19-7-4-8-21-18(25)12-5-6-14-15(9-12)23-17(22-14)16-10-13(20-2)11-24(16)3/h5-6,9-11,19-20H,4,7-8H2,1-3H3,(H,21,25)(H,22,23). The number of rotatable bonds is 7. The van der Waals surface area contributed by atoms with Gasteiger partial charge in [-0.25, -0.2) is 4.98 Å². The summed E-state index contributed by atoms with van der Waals surface area (Å²) in [7, 11) is 5.77. The van der Waals surface area contributed by atoms with Gasteiger partial charge < -0.3 is 25.5 Å². The van der Waals surface area contributed by atoms with Gasteiger partial charge in [-0.3, -0.25) is 4.79 Å². The molecule has 1 aromatic carbocycles. The Bertz CT molecular complexity index is 879. The lowest BCUT2D eigenvalue weighted by Gasteiger charge is -2.04. The second-order valence-corrected chi connectivity index (χ2v) is 6.01. The summed E-state index contributed by atoms with van der Waals surface area (Å²) in [5, 5.41) is 9.12. The van der Waals surface area contributed by atoms with E-state index in [2.05, 4.69) is 25.9 Å². The maximum Gasteiger partial charge on any atom is 0.251 e. The number of aromatic nitrogens is 3. The molecule has 3 rings (SSSR count). The third kappa shape index (κ3) is 3.66. The Kier molecular flexibility index (Phi) is 5.04. The number of H-pyrrole nitrogens is 1. The van der Waals surface area contributed by atoms with Crippen LogP contribution >= 0.6 is 0 Å². The molecule has 7 nitrogen and oxygen atoms in total. The topological polar surface area (TPSA) is 86.8 Å². The first-order chi connectivity index (χ1) is 12.1. The fraction of sp³-hybridized carbons (Fsp3) is 0.333. The Morgan fingerprint density at radius 2 is 2.08 bits per heavy atom. The zero-order valence-electron chi connectivity index (χ0n) is 14.8. The molecule has 0 unspecified atom stereocenters. The average Bonchev–Trinajstić information content (AvgIpc) is 3.20. The molecule has 132 valence electrons. The summed E-state index contributed by atoms with van der Waals surface area (Å²) in [4.78, 5) is 20.2. The molecular formula is C18H24N6O. The van der Waals surface area contributed by atoms with Crippen molar-refractivity contribution in [3.63, 3.8) is 0 Å². The van der Waals surface area contributed by atoms with Gasteiger partial charge in [0, 0.05) is 32.4 Å². The zero-order valence-corrected chi connectivity index (χ0v) is 14.8. The highest BCUT2D eigenvalue weighted by Gasteiger charge is 2.12. The molecule has 0 aliphatic rings. The summed E-state index contributed by atoms with van der Waals surface area (Å²) < 4.78 is 2.01. The third-order valence-corrected chi connectivity index (χ3v) is 4.17. The van der Waals surface area contributed by atoms with Crippen molar-refractivity contribution in [3.8, 4) is 11.5 Å². The molecule has 2 heterocycles. The number of hydrogen-bond acceptors (Lipinski definition) is 4. The average molecular weight is 340 g/mol. The van der Waals surface area contributed by atoms with Crippen LogP contribution in [0.3, 0.4) is 0 Å². The van der Waals surface area contributed by atoms with Crippen LogP contribution in [0.25, 0.3) is 22.6 Å². The van der Waals surface area contributed by atoms with E-state index in [0.29, 0.717) is 12.1 Å². The van der Waals surface area contributed by atoms with Crippen LogP contribution in [0.1, 0.15) is 16.8 Å². The zero-order chi connectivity index (χ0) is 17.8. The predicted molar refractivity (Wildman–Crippen MR) is 101 cm³/mol. The minimum Gasteiger partial charge on any atom is -0.387 e. The molecule has 0 aliphatic heterocycles. The number of aromatic amines is 1. The lowest BCUT2D eigenvalue weighted by atomic mass is 10.2. The van der Waals surface area contributed by atoms with Crippen LogP contribution in [-0.2, 0) is 7.05 Å². The van der Waals surface area contributed by atoms with Gasteiger partial charge in [-0.1, -0.05) is 0 Å². The number of hydrogen-bond donors (Lipinski definition) is 4. The Balaban J connectivity index is 1.81. The Morgan fingerprint density at radius 3 is 2.80 bits per heavy atom. The monoisotopic (exact) mass is 340 g/mol. The van der Waals surface area contributed by atoms with Crippen molar-refractivity contribution >= 4 is 22.6 Å². The van der Waals surface area contributed by atoms with Crippen molar-refractivity contribution in [2.75, 3.05) is 32.5 Å². The fourth-order valence-electron chi connectivity index (χ4n) is 2.78. The third-order valence-electron chi connectivity index (χ3n) is 4.17. The van der Waals surface area contributed by atoms with Crippen molar-refractivity contribution in [2.45, 2.75) is 6.42 Å². The SMILES string of the molecule is CNCCCNC(=O)c1ccc2nc(-c3cc(NC)cn3C)[nH]c2c1. The molecule has 0 spiro atoms. The summed E-state index contributed by atoms with van der Waals surface area (Å²) in [5.74, 6) is 0.719. The van der Waals surface area contributed by atoms with Gasteiger partial charge in [0.1, 0.15) is 0 Å². The van der Waals surface area contributed by atoms with E-state index in [9.17, 15) is 4.79 Å². The molecule has 0 bridgehead atoms. The summed E-state index contributed by atoms with van der Waals surface area (Å²) in [6.45, 7) is 1.54. The lowest BCUT2D eigenvalue weighted by molar-refractivity contribution is 0.0953. The van der Waals surface area contributed by atoms with Gasteiger partial charge in [-0.15, -0.1) is 0 Å². The van der Waals surface area contributed by atoms with Crippen molar-refractivity contribution < 1.29 is 4.79 Å². The quantitative estimate of drug-likeness (QED) is 0.495. The highest BCUT2D eigenvalue weighted by Crippen LogP contribution is 2.24. The summed E-state index contributed by atoms with van der Waals surface area (Å²) in [6.07, 6.45) is 2.91. The predicted octanol–water partition coefficient (Wildman–Crippen LogP) is 1.95. The minimum absolute atomic E-state index is 0.0644. The van der Waals surface area contributed by atoms with Crippen LogP contribution < -0.4 is 16.0 Å². The molecule has 7 heteroatoms. The summed E-state index contributed by atoms with van der Waals surface area (Å²) in [6, 6.07) is 7.57. The van der Waals surface area contributed by atoms with Gasteiger partial charge in [0.05, 0.1) is 22.4 Å². The number of benzene rings is 1. The van der Waals surface area contributed by atoms with E-state index < -0.39 is 0 Å². The largest absolute Gasteiger partial charge is 0.387 e.